The molecule has 0 radical (unpaired) electrons. The Bertz CT molecular complexity index is 592. The second-order valence-electron chi connectivity index (χ2n) is 5.42. The number of fused-ring (bicyclic) bond motifs is 1. The van der Waals surface area contributed by atoms with Gasteiger partial charge in [0.25, 0.3) is 0 Å². The molecule has 2 heterocycles. The fourth-order valence-electron chi connectivity index (χ4n) is 2.60. The number of aromatic nitrogens is 1. The van der Waals surface area contributed by atoms with Crippen molar-refractivity contribution in [2.75, 3.05) is 18.0 Å². The number of anilines is 1. The molecule has 1 saturated heterocycles. The van der Waals surface area contributed by atoms with E-state index >= 15 is 0 Å². The summed E-state index contributed by atoms with van der Waals surface area (Å²) < 4.78 is 0. The lowest BCUT2D eigenvalue weighted by molar-refractivity contribution is -0.0721. The molecule has 3 rings (SSSR count). The average Bonchev–Trinajstić information content (AvgIpc) is 2.41. The predicted octanol–water partition coefficient (Wildman–Crippen LogP) is 1.56. The van der Waals surface area contributed by atoms with Gasteiger partial charge in [0.15, 0.2) is 0 Å². The summed E-state index contributed by atoms with van der Waals surface area (Å²) in [5.74, 6) is 0. The first kappa shape index (κ1) is 12.4. The quantitative estimate of drug-likeness (QED) is 0.815. The zero-order valence-electron chi connectivity index (χ0n) is 11.0. The monoisotopic (exact) mass is 258 g/mol. The molecule has 1 aliphatic heterocycles. The number of piperidine rings is 1. The van der Waals surface area contributed by atoms with Crippen molar-refractivity contribution >= 4 is 16.6 Å². The lowest BCUT2D eigenvalue weighted by Gasteiger charge is -2.41. The van der Waals surface area contributed by atoms with E-state index in [0.717, 1.165) is 23.1 Å². The number of benzene rings is 1. The predicted molar refractivity (Wildman–Crippen MR) is 75.2 cm³/mol. The highest BCUT2D eigenvalue weighted by molar-refractivity contribution is 5.91. The molecule has 1 aromatic heterocycles. The van der Waals surface area contributed by atoms with Gasteiger partial charge >= 0.3 is 0 Å². The molecule has 19 heavy (non-hydrogen) atoms. The molecule has 0 bridgehead atoms. The SMILES string of the molecule is C[C@@]1(O)CCN(c2ccnc3ccccc23)C[C@H]1O. The van der Waals surface area contributed by atoms with Gasteiger partial charge in [-0.05, 0) is 25.5 Å². The molecule has 1 aromatic carbocycles. The number of aliphatic hydroxyl groups is 2. The lowest BCUT2D eigenvalue weighted by atomic mass is 9.90. The molecular weight excluding hydrogens is 240 g/mol. The van der Waals surface area contributed by atoms with Crippen LogP contribution in [0.4, 0.5) is 5.69 Å². The van der Waals surface area contributed by atoms with Crippen LogP contribution < -0.4 is 4.90 Å². The van der Waals surface area contributed by atoms with E-state index in [0.29, 0.717) is 13.0 Å². The zero-order valence-corrected chi connectivity index (χ0v) is 11.0. The molecule has 100 valence electrons. The van der Waals surface area contributed by atoms with Crippen LogP contribution in [0.15, 0.2) is 36.5 Å². The summed E-state index contributed by atoms with van der Waals surface area (Å²) in [4.78, 5) is 6.46. The summed E-state index contributed by atoms with van der Waals surface area (Å²) >= 11 is 0. The van der Waals surface area contributed by atoms with Crippen molar-refractivity contribution in [1.82, 2.24) is 4.98 Å². The van der Waals surface area contributed by atoms with Crippen LogP contribution in [-0.4, -0.2) is 40.0 Å². The van der Waals surface area contributed by atoms with Crippen molar-refractivity contribution in [1.29, 1.82) is 0 Å². The van der Waals surface area contributed by atoms with Gasteiger partial charge in [-0.15, -0.1) is 0 Å². The average molecular weight is 258 g/mol. The number of para-hydroxylation sites is 1. The molecule has 4 heteroatoms. The fourth-order valence-corrected chi connectivity index (χ4v) is 2.60. The third kappa shape index (κ3) is 2.17. The van der Waals surface area contributed by atoms with E-state index in [9.17, 15) is 10.2 Å². The standard InChI is InChI=1S/C15H18N2O2/c1-15(19)7-9-17(10-14(15)18)13-6-8-16-12-5-3-2-4-11(12)13/h2-6,8,14,18-19H,7,9-10H2,1H3/t14-,15-/m1/s1. The largest absolute Gasteiger partial charge is 0.388 e. The van der Waals surface area contributed by atoms with Gasteiger partial charge in [0.05, 0.1) is 17.2 Å². The van der Waals surface area contributed by atoms with Crippen molar-refractivity contribution < 1.29 is 10.2 Å². The maximum atomic E-state index is 10.0. The Hall–Kier alpha value is -1.65. The van der Waals surface area contributed by atoms with Crippen molar-refractivity contribution in [3.05, 3.63) is 36.5 Å². The van der Waals surface area contributed by atoms with Gasteiger partial charge in [0.2, 0.25) is 0 Å². The molecule has 1 fully saturated rings. The Morgan fingerprint density at radius 1 is 1.32 bits per heavy atom. The van der Waals surface area contributed by atoms with Gasteiger partial charge in [-0.25, -0.2) is 0 Å². The van der Waals surface area contributed by atoms with E-state index in [1.807, 2.05) is 30.3 Å². The Kier molecular flexibility index (Phi) is 2.92. The number of rotatable bonds is 1. The van der Waals surface area contributed by atoms with E-state index < -0.39 is 11.7 Å². The van der Waals surface area contributed by atoms with E-state index in [4.69, 9.17) is 0 Å². The Morgan fingerprint density at radius 3 is 2.89 bits per heavy atom. The van der Waals surface area contributed by atoms with Crippen molar-refractivity contribution in [3.63, 3.8) is 0 Å². The highest BCUT2D eigenvalue weighted by Gasteiger charge is 2.36. The Labute approximate surface area is 112 Å². The minimum Gasteiger partial charge on any atom is -0.388 e. The normalized spacial score (nSPS) is 27.7. The molecule has 0 aliphatic carbocycles. The molecule has 0 amide bonds. The molecular formula is C15H18N2O2. The van der Waals surface area contributed by atoms with Crippen molar-refractivity contribution in [3.8, 4) is 0 Å². The van der Waals surface area contributed by atoms with E-state index in [2.05, 4.69) is 9.88 Å². The number of hydrogen-bond donors (Lipinski definition) is 2. The number of aliphatic hydroxyl groups excluding tert-OH is 1. The van der Waals surface area contributed by atoms with Crippen LogP contribution in [0, 0.1) is 0 Å². The first-order valence-electron chi connectivity index (χ1n) is 6.57. The highest BCUT2D eigenvalue weighted by Crippen LogP contribution is 2.30. The Morgan fingerprint density at radius 2 is 2.11 bits per heavy atom. The highest BCUT2D eigenvalue weighted by atomic mass is 16.3. The summed E-state index contributed by atoms with van der Waals surface area (Å²) in [5, 5.41) is 21.1. The first-order chi connectivity index (χ1) is 9.08. The van der Waals surface area contributed by atoms with E-state index in [1.165, 1.54) is 0 Å². The number of β-amino-alcohol motifs (C(OH)–C–C–N with tert-alkyl or cyclic N) is 1. The lowest BCUT2D eigenvalue weighted by Crippen LogP contribution is -2.54. The van der Waals surface area contributed by atoms with Crippen molar-refractivity contribution in [2.24, 2.45) is 0 Å². The summed E-state index contributed by atoms with van der Waals surface area (Å²) in [6.07, 6.45) is 1.62. The maximum absolute atomic E-state index is 10.0. The van der Waals surface area contributed by atoms with Crippen LogP contribution in [0.25, 0.3) is 10.9 Å². The maximum Gasteiger partial charge on any atom is 0.0999 e. The van der Waals surface area contributed by atoms with Crippen LogP contribution in [0.1, 0.15) is 13.3 Å². The molecule has 4 nitrogen and oxygen atoms in total. The Balaban J connectivity index is 1.97. The second kappa shape index (κ2) is 4.47. The minimum atomic E-state index is -0.987. The molecule has 0 saturated carbocycles. The van der Waals surface area contributed by atoms with Crippen LogP contribution in [0.3, 0.4) is 0 Å². The molecule has 2 atom stereocenters. The van der Waals surface area contributed by atoms with Gasteiger partial charge < -0.3 is 15.1 Å². The number of hydrogen-bond acceptors (Lipinski definition) is 4. The van der Waals surface area contributed by atoms with E-state index in [1.54, 1.807) is 13.1 Å². The second-order valence-corrected chi connectivity index (χ2v) is 5.42. The van der Waals surface area contributed by atoms with Gasteiger partial charge in [-0.2, -0.15) is 0 Å². The fraction of sp³-hybridized carbons (Fsp3) is 0.400. The summed E-state index contributed by atoms with van der Waals surface area (Å²) in [5.41, 5.74) is 1.03. The van der Waals surface area contributed by atoms with Gasteiger partial charge in [0, 0.05) is 30.4 Å². The molecule has 2 aromatic rings. The van der Waals surface area contributed by atoms with Crippen LogP contribution >= 0.6 is 0 Å². The van der Waals surface area contributed by atoms with Crippen LogP contribution in [0.5, 0.6) is 0 Å². The third-order valence-electron chi connectivity index (χ3n) is 3.97. The third-order valence-corrected chi connectivity index (χ3v) is 3.97. The first-order valence-corrected chi connectivity index (χ1v) is 6.57. The van der Waals surface area contributed by atoms with Crippen molar-refractivity contribution in [2.45, 2.75) is 25.0 Å². The molecule has 1 aliphatic rings. The minimum absolute atomic E-state index is 0.445. The summed E-state index contributed by atoms with van der Waals surface area (Å²) in [6, 6.07) is 9.94. The molecule has 2 N–H and O–H groups in total. The summed E-state index contributed by atoms with van der Waals surface area (Å²) in [6.45, 7) is 2.87. The van der Waals surface area contributed by atoms with E-state index in [-0.39, 0.29) is 0 Å². The van der Waals surface area contributed by atoms with Crippen LogP contribution in [0.2, 0.25) is 0 Å². The topological polar surface area (TPSA) is 56.6 Å². The molecule has 0 unspecified atom stereocenters. The van der Waals surface area contributed by atoms with Gasteiger partial charge in [-0.1, -0.05) is 18.2 Å². The number of pyridine rings is 1. The smallest absolute Gasteiger partial charge is 0.0999 e. The van der Waals surface area contributed by atoms with Crippen LogP contribution in [-0.2, 0) is 0 Å². The summed E-state index contributed by atoms with van der Waals surface area (Å²) in [7, 11) is 0. The number of nitrogens with zero attached hydrogens (tertiary/aromatic N) is 2. The zero-order chi connectivity index (χ0) is 13.5. The van der Waals surface area contributed by atoms with Gasteiger partial charge in [0.1, 0.15) is 0 Å². The van der Waals surface area contributed by atoms with Gasteiger partial charge in [-0.3, -0.25) is 4.98 Å². The molecule has 0 spiro atoms.